The number of rotatable bonds is 2. The maximum atomic E-state index is 9.71. The zero-order chi connectivity index (χ0) is 12.7. The molecular formula is C10H11ClN4O3. The molecular weight excluding hydrogens is 260 g/mol. The molecule has 0 aromatic carbocycles. The van der Waals surface area contributed by atoms with E-state index in [1.165, 1.54) is 6.33 Å². The lowest BCUT2D eigenvalue weighted by molar-refractivity contribution is -0.0432. The minimum atomic E-state index is -0.699. The molecule has 1 saturated heterocycles. The highest BCUT2D eigenvalue weighted by molar-refractivity contribution is 6.33. The molecule has 96 valence electrons. The fourth-order valence-electron chi connectivity index (χ4n) is 2.08. The molecule has 1 aliphatic rings. The lowest BCUT2D eigenvalue weighted by Crippen LogP contribution is -2.24. The van der Waals surface area contributed by atoms with Crippen LogP contribution in [-0.4, -0.2) is 48.5 Å². The Labute approximate surface area is 107 Å². The maximum absolute atomic E-state index is 9.71. The molecule has 1 aliphatic heterocycles. The van der Waals surface area contributed by atoms with Gasteiger partial charge in [-0.25, -0.2) is 15.0 Å². The lowest BCUT2D eigenvalue weighted by Gasteiger charge is -2.13. The SMILES string of the molecule is OC[C@H]1O[C@@H](n2cnc3c(Cl)ncnc32)C[C@@H]1O. The van der Waals surface area contributed by atoms with Crippen molar-refractivity contribution in [3.05, 3.63) is 17.8 Å². The van der Waals surface area contributed by atoms with E-state index in [9.17, 15) is 5.11 Å². The quantitative estimate of drug-likeness (QED) is 0.753. The highest BCUT2D eigenvalue weighted by Crippen LogP contribution is 2.31. The van der Waals surface area contributed by atoms with Gasteiger partial charge in [-0.05, 0) is 0 Å². The van der Waals surface area contributed by atoms with Gasteiger partial charge in [0.2, 0.25) is 0 Å². The van der Waals surface area contributed by atoms with E-state index >= 15 is 0 Å². The van der Waals surface area contributed by atoms with Gasteiger partial charge >= 0.3 is 0 Å². The van der Waals surface area contributed by atoms with Gasteiger partial charge in [-0.3, -0.25) is 4.57 Å². The third-order valence-corrected chi connectivity index (χ3v) is 3.29. The fourth-order valence-corrected chi connectivity index (χ4v) is 2.26. The maximum Gasteiger partial charge on any atom is 0.166 e. The summed E-state index contributed by atoms with van der Waals surface area (Å²) >= 11 is 5.90. The summed E-state index contributed by atoms with van der Waals surface area (Å²) in [5.41, 5.74) is 1.04. The van der Waals surface area contributed by atoms with E-state index in [1.807, 2.05) is 0 Å². The zero-order valence-corrected chi connectivity index (χ0v) is 10.0. The van der Waals surface area contributed by atoms with Gasteiger partial charge in [0.15, 0.2) is 10.8 Å². The van der Waals surface area contributed by atoms with Crippen molar-refractivity contribution in [3.8, 4) is 0 Å². The van der Waals surface area contributed by atoms with Crippen LogP contribution in [0, 0.1) is 0 Å². The topological polar surface area (TPSA) is 93.3 Å². The van der Waals surface area contributed by atoms with Gasteiger partial charge in [0.25, 0.3) is 0 Å². The van der Waals surface area contributed by atoms with Crippen molar-refractivity contribution in [2.24, 2.45) is 0 Å². The van der Waals surface area contributed by atoms with Crippen molar-refractivity contribution in [2.45, 2.75) is 24.9 Å². The van der Waals surface area contributed by atoms with Crippen LogP contribution in [0.25, 0.3) is 11.2 Å². The fraction of sp³-hybridized carbons (Fsp3) is 0.500. The molecule has 2 aromatic rings. The van der Waals surface area contributed by atoms with Crippen LogP contribution in [0.15, 0.2) is 12.7 Å². The van der Waals surface area contributed by atoms with Gasteiger partial charge in [0.05, 0.1) is 19.0 Å². The summed E-state index contributed by atoms with van der Waals surface area (Å²) in [5, 5.41) is 19.0. The number of imidazole rings is 1. The molecule has 0 spiro atoms. The van der Waals surface area contributed by atoms with E-state index < -0.39 is 18.4 Å². The number of hydrogen-bond acceptors (Lipinski definition) is 6. The van der Waals surface area contributed by atoms with Crippen molar-refractivity contribution >= 4 is 22.8 Å². The van der Waals surface area contributed by atoms with Gasteiger partial charge in [0.1, 0.15) is 24.2 Å². The number of halogens is 1. The van der Waals surface area contributed by atoms with Crippen molar-refractivity contribution in [1.29, 1.82) is 0 Å². The largest absolute Gasteiger partial charge is 0.394 e. The molecule has 3 rings (SSSR count). The Kier molecular flexibility index (Phi) is 2.90. The first-order chi connectivity index (χ1) is 8.70. The Morgan fingerprint density at radius 1 is 1.44 bits per heavy atom. The van der Waals surface area contributed by atoms with E-state index in [2.05, 4.69) is 15.0 Å². The molecule has 8 heteroatoms. The number of hydrogen-bond donors (Lipinski definition) is 2. The van der Waals surface area contributed by atoms with E-state index in [-0.39, 0.29) is 11.8 Å². The molecule has 2 N–H and O–H groups in total. The summed E-state index contributed by atoms with van der Waals surface area (Å²) in [7, 11) is 0. The standard InChI is InChI=1S/C10H11ClN4O3/c11-9-8-10(13-3-12-9)15(4-14-8)7-1-5(17)6(2-16)18-7/h3-7,16-17H,1-2H2/t5-,6+,7+/m0/s1. The van der Waals surface area contributed by atoms with Crippen molar-refractivity contribution < 1.29 is 14.9 Å². The second-order valence-corrected chi connectivity index (χ2v) is 4.46. The molecule has 0 amide bonds. The number of aliphatic hydroxyl groups is 2. The molecule has 2 aromatic heterocycles. The van der Waals surface area contributed by atoms with Crippen LogP contribution in [0.2, 0.25) is 5.15 Å². The summed E-state index contributed by atoms with van der Waals surface area (Å²) < 4.78 is 7.22. The van der Waals surface area contributed by atoms with Crippen molar-refractivity contribution in [1.82, 2.24) is 19.5 Å². The Balaban J connectivity index is 1.99. The van der Waals surface area contributed by atoms with Gasteiger partial charge in [-0.2, -0.15) is 0 Å². The number of aliphatic hydroxyl groups excluding tert-OH is 2. The van der Waals surface area contributed by atoms with Gasteiger partial charge in [-0.1, -0.05) is 11.6 Å². The van der Waals surface area contributed by atoms with Gasteiger partial charge < -0.3 is 14.9 Å². The van der Waals surface area contributed by atoms with E-state index in [0.29, 0.717) is 17.6 Å². The number of fused-ring (bicyclic) bond motifs is 1. The zero-order valence-electron chi connectivity index (χ0n) is 9.27. The molecule has 3 atom stereocenters. The summed E-state index contributed by atoms with van der Waals surface area (Å²) in [4.78, 5) is 12.1. The molecule has 0 aliphatic carbocycles. The Hall–Kier alpha value is -1.28. The third-order valence-electron chi connectivity index (χ3n) is 3.01. The molecule has 0 saturated carbocycles. The Bertz CT molecular complexity index is 575. The van der Waals surface area contributed by atoms with Crippen LogP contribution in [0.5, 0.6) is 0 Å². The third kappa shape index (κ3) is 1.76. The average molecular weight is 271 g/mol. The summed E-state index contributed by atoms with van der Waals surface area (Å²) in [5.74, 6) is 0. The molecule has 0 bridgehead atoms. The first-order valence-corrected chi connectivity index (χ1v) is 5.86. The van der Waals surface area contributed by atoms with Crippen LogP contribution in [0.1, 0.15) is 12.6 Å². The normalized spacial score (nSPS) is 28.1. The molecule has 1 fully saturated rings. The summed E-state index contributed by atoms with van der Waals surface area (Å²) in [6.07, 6.45) is 1.57. The van der Waals surface area contributed by atoms with E-state index in [0.717, 1.165) is 0 Å². The molecule has 3 heterocycles. The van der Waals surface area contributed by atoms with Crippen LogP contribution in [-0.2, 0) is 4.74 Å². The minimum absolute atomic E-state index is 0.222. The minimum Gasteiger partial charge on any atom is -0.394 e. The molecule has 0 unspecified atom stereocenters. The monoisotopic (exact) mass is 270 g/mol. The van der Waals surface area contributed by atoms with E-state index in [4.69, 9.17) is 21.4 Å². The van der Waals surface area contributed by atoms with E-state index in [1.54, 1.807) is 10.9 Å². The summed E-state index contributed by atoms with van der Waals surface area (Å²) in [6.45, 7) is -0.222. The second kappa shape index (κ2) is 4.43. The molecule has 0 radical (unpaired) electrons. The van der Waals surface area contributed by atoms with Crippen LogP contribution < -0.4 is 0 Å². The lowest BCUT2D eigenvalue weighted by atomic mass is 10.2. The van der Waals surface area contributed by atoms with Crippen LogP contribution >= 0.6 is 11.6 Å². The van der Waals surface area contributed by atoms with Gasteiger partial charge in [0, 0.05) is 6.42 Å². The predicted molar refractivity (Wildman–Crippen MR) is 62.0 cm³/mol. The number of ether oxygens (including phenoxy) is 1. The predicted octanol–water partition coefficient (Wildman–Crippen LogP) is 0.120. The Morgan fingerprint density at radius 2 is 2.28 bits per heavy atom. The van der Waals surface area contributed by atoms with Crippen LogP contribution in [0.4, 0.5) is 0 Å². The summed E-state index contributed by atoms with van der Waals surface area (Å²) in [6, 6.07) is 0. The first-order valence-electron chi connectivity index (χ1n) is 5.48. The second-order valence-electron chi connectivity index (χ2n) is 4.10. The molecule has 18 heavy (non-hydrogen) atoms. The van der Waals surface area contributed by atoms with Crippen LogP contribution in [0.3, 0.4) is 0 Å². The number of nitrogens with zero attached hydrogens (tertiary/aromatic N) is 4. The Morgan fingerprint density at radius 3 is 3.00 bits per heavy atom. The van der Waals surface area contributed by atoms with Crippen molar-refractivity contribution in [3.63, 3.8) is 0 Å². The van der Waals surface area contributed by atoms with Gasteiger partial charge in [-0.15, -0.1) is 0 Å². The highest BCUT2D eigenvalue weighted by atomic mass is 35.5. The smallest absolute Gasteiger partial charge is 0.166 e. The number of aromatic nitrogens is 4. The van der Waals surface area contributed by atoms with Crippen molar-refractivity contribution in [2.75, 3.05) is 6.61 Å². The first kappa shape index (κ1) is 11.8. The molecule has 7 nitrogen and oxygen atoms in total. The average Bonchev–Trinajstić information content (AvgIpc) is 2.93. The highest BCUT2D eigenvalue weighted by Gasteiger charge is 2.35.